The predicted octanol–water partition coefficient (Wildman–Crippen LogP) is 3.16. The van der Waals surface area contributed by atoms with Gasteiger partial charge in [0.05, 0.1) is 19.0 Å². The normalized spacial score (nSPS) is 17.1. The average molecular weight is 445 g/mol. The maximum atomic E-state index is 12.9. The van der Waals surface area contributed by atoms with Gasteiger partial charge in [0.2, 0.25) is 10.0 Å². The van der Waals surface area contributed by atoms with Crippen molar-refractivity contribution < 1.29 is 17.9 Å². The molecule has 0 atom stereocenters. The Morgan fingerprint density at radius 2 is 1.84 bits per heavy atom. The summed E-state index contributed by atoms with van der Waals surface area (Å²) in [5.41, 5.74) is 1.25. The molecule has 0 unspecified atom stereocenters. The summed E-state index contributed by atoms with van der Waals surface area (Å²) in [6, 6.07) is 8.01. The minimum absolute atomic E-state index is 0.0353. The molecule has 1 aromatic carbocycles. The molecule has 1 saturated heterocycles. The van der Waals surface area contributed by atoms with Gasteiger partial charge in [0.1, 0.15) is 16.5 Å². The van der Waals surface area contributed by atoms with Crippen LogP contribution < -0.4 is 19.7 Å². The van der Waals surface area contributed by atoms with Gasteiger partial charge >= 0.3 is 0 Å². The highest BCUT2D eigenvalue weighted by Crippen LogP contribution is 2.28. The van der Waals surface area contributed by atoms with Crippen molar-refractivity contribution in [3.05, 3.63) is 42.1 Å². The van der Waals surface area contributed by atoms with Gasteiger partial charge in [-0.3, -0.25) is 4.79 Å². The highest BCUT2D eigenvalue weighted by Gasteiger charge is 2.26. The molecule has 1 aliphatic carbocycles. The lowest BCUT2D eigenvalue weighted by Gasteiger charge is -2.17. The van der Waals surface area contributed by atoms with Gasteiger partial charge in [0.25, 0.3) is 5.91 Å². The number of benzene rings is 1. The molecule has 1 saturated carbocycles. The summed E-state index contributed by atoms with van der Waals surface area (Å²) in [6.07, 6.45) is 7.76. The van der Waals surface area contributed by atoms with Crippen molar-refractivity contribution in [3.63, 3.8) is 0 Å². The highest BCUT2D eigenvalue weighted by atomic mass is 32.2. The molecule has 1 amide bonds. The molecule has 2 heterocycles. The fourth-order valence-corrected chi connectivity index (χ4v) is 5.67. The molecule has 8 nitrogen and oxygen atoms in total. The van der Waals surface area contributed by atoms with E-state index in [1.165, 1.54) is 32.1 Å². The number of sulfonamides is 1. The summed E-state index contributed by atoms with van der Waals surface area (Å²) in [4.78, 5) is 19.3. The zero-order valence-electron chi connectivity index (χ0n) is 17.6. The number of methoxy groups -OCH3 is 1. The standard InChI is InChI=1S/C22H28N4O4S/c1-30-19-10-8-16(14-20(19)31(28,29)25-17-6-2-3-7-17)22(27)24-21-11-9-18(15-23-21)26-12-4-5-13-26/h8-11,14-15,17,25H,2-7,12-13H2,1H3,(H,23,24,27). The number of hydrogen-bond donors (Lipinski definition) is 2. The zero-order valence-corrected chi connectivity index (χ0v) is 18.5. The van der Waals surface area contributed by atoms with Gasteiger partial charge in [-0.05, 0) is 56.0 Å². The van der Waals surface area contributed by atoms with E-state index >= 15 is 0 Å². The fourth-order valence-electron chi connectivity index (χ4n) is 4.17. The summed E-state index contributed by atoms with van der Waals surface area (Å²) in [7, 11) is -2.39. The van der Waals surface area contributed by atoms with Crippen LogP contribution in [0.25, 0.3) is 0 Å². The van der Waals surface area contributed by atoms with Crippen molar-refractivity contribution in [2.75, 3.05) is 30.4 Å². The van der Waals surface area contributed by atoms with Crippen LogP contribution in [-0.2, 0) is 10.0 Å². The molecule has 4 rings (SSSR count). The fraction of sp³-hybridized carbons (Fsp3) is 0.455. The van der Waals surface area contributed by atoms with Crippen molar-refractivity contribution in [2.24, 2.45) is 0 Å². The van der Waals surface area contributed by atoms with E-state index in [-0.39, 0.29) is 22.3 Å². The number of nitrogens with one attached hydrogen (secondary N) is 2. The first-order valence-corrected chi connectivity index (χ1v) is 12.2. The van der Waals surface area contributed by atoms with Crippen LogP contribution in [-0.4, -0.2) is 45.6 Å². The van der Waals surface area contributed by atoms with Gasteiger partial charge in [-0.15, -0.1) is 0 Å². The lowest BCUT2D eigenvalue weighted by atomic mass is 10.2. The Kier molecular flexibility index (Phi) is 6.43. The molecule has 1 aromatic heterocycles. The Bertz CT molecular complexity index is 1030. The maximum absolute atomic E-state index is 12.9. The first-order valence-electron chi connectivity index (χ1n) is 10.7. The second-order valence-electron chi connectivity index (χ2n) is 8.02. The number of rotatable bonds is 7. The van der Waals surface area contributed by atoms with E-state index in [4.69, 9.17) is 4.74 Å². The SMILES string of the molecule is COc1ccc(C(=O)Nc2ccc(N3CCCC3)cn2)cc1S(=O)(=O)NC1CCCC1. The number of amides is 1. The molecule has 9 heteroatoms. The average Bonchev–Trinajstić information content (AvgIpc) is 3.48. The quantitative estimate of drug-likeness (QED) is 0.680. The van der Waals surface area contributed by atoms with Gasteiger partial charge in [0.15, 0.2) is 0 Å². The monoisotopic (exact) mass is 444 g/mol. The van der Waals surface area contributed by atoms with Crippen molar-refractivity contribution in [2.45, 2.75) is 49.5 Å². The van der Waals surface area contributed by atoms with Crippen molar-refractivity contribution in [3.8, 4) is 5.75 Å². The molecular weight excluding hydrogens is 416 g/mol. The largest absolute Gasteiger partial charge is 0.495 e. The predicted molar refractivity (Wildman–Crippen MR) is 119 cm³/mol. The molecule has 31 heavy (non-hydrogen) atoms. The number of carbonyl (C=O) groups excluding carboxylic acids is 1. The van der Waals surface area contributed by atoms with Gasteiger partial charge in [-0.25, -0.2) is 18.1 Å². The summed E-state index contributed by atoms with van der Waals surface area (Å²) >= 11 is 0. The lowest BCUT2D eigenvalue weighted by molar-refractivity contribution is 0.102. The van der Waals surface area contributed by atoms with Crippen molar-refractivity contribution >= 4 is 27.4 Å². The van der Waals surface area contributed by atoms with Crippen LogP contribution in [0, 0.1) is 0 Å². The van der Waals surface area contributed by atoms with Crippen LogP contribution in [0.5, 0.6) is 5.75 Å². The Labute approximate surface area is 183 Å². The molecule has 2 N–H and O–H groups in total. The molecular formula is C22H28N4O4S. The van der Waals surface area contributed by atoms with Crippen LogP contribution >= 0.6 is 0 Å². The third-order valence-corrected chi connectivity index (χ3v) is 7.39. The second kappa shape index (κ2) is 9.23. The number of pyridine rings is 1. The van der Waals surface area contributed by atoms with E-state index in [1.807, 2.05) is 6.07 Å². The van der Waals surface area contributed by atoms with Crippen molar-refractivity contribution in [1.82, 2.24) is 9.71 Å². The van der Waals surface area contributed by atoms with Gasteiger partial charge in [-0.2, -0.15) is 0 Å². The van der Waals surface area contributed by atoms with Crippen molar-refractivity contribution in [1.29, 1.82) is 0 Å². The molecule has 0 spiro atoms. The van der Waals surface area contributed by atoms with Gasteiger partial charge in [-0.1, -0.05) is 12.8 Å². The first kappa shape index (κ1) is 21.6. The Morgan fingerprint density at radius 3 is 2.48 bits per heavy atom. The maximum Gasteiger partial charge on any atom is 0.256 e. The summed E-state index contributed by atoms with van der Waals surface area (Å²) in [5.74, 6) is 0.189. The number of anilines is 2. The minimum Gasteiger partial charge on any atom is -0.495 e. The summed E-state index contributed by atoms with van der Waals surface area (Å²) in [5, 5.41) is 2.74. The molecule has 166 valence electrons. The van der Waals surface area contributed by atoms with E-state index in [0.717, 1.165) is 44.5 Å². The summed E-state index contributed by atoms with van der Waals surface area (Å²) < 4.78 is 33.8. The molecule has 0 bridgehead atoms. The third kappa shape index (κ3) is 4.99. The number of carbonyl (C=O) groups is 1. The Hall–Kier alpha value is -2.65. The molecule has 2 aromatic rings. The van der Waals surface area contributed by atoms with E-state index in [1.54, 1.807) is 18.3 Å². The second-order valence-corrected chi connectivity index (χ2v) is 9.70. The molecule has 0 radical (unpaired) electrons. The van der Waals surface area contributed by atoms with Crippen LogP contribution in [0.4, 0.5) is 11.5 Å². The Balaban J connectivity index is 1.50. The number of hydrogen-bond acceptors (Lipinski definition) is 6. The topological polar surface area (TPSA) is 101 Å². The summed E-state index contributed by atoms with van der Waals surface area (Å²) in [6.45, 7) is 2.04. The lowest BCUT2D eigenvalue weighted by Crippen LogP contribution is -2.33. The van der Waals surface area contributed by atoms with Crippen LogP contribution in [0.1, 0.15) is 48.9 Å². The van der Waals surface area contributed by atoms with Crippen LogP contribution in [0.15, 0.2) is 41.4 Å². The Morgan fingerprint density at radius 1 is 1.10 bits per heavy atom. The van der Waals surface area contributed by atoms with E-state index < -0.39 is 15.9 Å². The van der Waals surface area contributed by atoms with E-state index in [0.29, 0.717) is 5.82 Å². The molecule has 1 aliphatic heterocycles. The first-order chi connectivity index (χ1) is 15.0. The molecule has 2 aliphatic rings. The van der Waals surface area contributed by atoms with Gasteiger partial charge < -0.3 is 15.0 Å². The third-order valence-electron chi connectivity index (χ3n) is 5.85. The van der Waals surface area contributed by atoms with E-state index in [2.05, 4.69) is 19.9 Å². The number of aromatic nitrogens is 1. The zero-order chi connectivity index (χ0) is 21.8. The minimum atomic E-state index is -3.81. The number of nitrogens with zero attached hydrogens (tertiary/aromatic N) is 2. The number of ether oxygens (including phenoxy) is 1. The highest BCUT2D eigenvalue weighted by molar-refractivity contribution is 7.89. The van der Waals surface area contributed by atoms with Crippen LogP contribution in [0.2, 0.25) is 0 Å². The molecule has 2 fully saturated rings. The smallest absolute Gasteiger partial charge is 0.256 e. The van der Waals surface area contributed by atoms with E-state index in [9.17, 15) is 13.2 Å². The van der Waals surface area contributed by atoms with Gasteiger partial charge in [0, 0.05) is 24.7 Å². The van der Waals surface area contributed by atoms with Crippen LogP contribution in [0.3, 0.4) is 0 Å².